The third-order valence-corrected chi connectivity index (χ3v) is 3.67. The normalized spacial score (nSPS) is 16.2. The van der Waals surface area contributed by atoms with E-state index >= 15 is 0 Å². The predicted octanol–water partition coefficient (Wildman–Crippen LogP) is 3.80. The molecule has 4 heteroatoms. The Hall–Kier alpha value is -0.770. The molecule has 1 fully saturated rings. The fourth-order valence-electron chi connectivity index (χ4n) is 2.42. The molecule has 1 rings (SSSR count). The Morgan fingerprint density at radius 1 is 1.19 bits per heavy atom. The zero-order valence-corrected chi connectivity index (χ0v) is 14.6. The van der Waals surface area contributed by atoms with Crippen molar-refractivity contribution in [3.63, 3.8) is 0 Å². The van der Waals surface area contributed by atoms with Gasteiger partial charge in [-0.25, -0.2) is 4.79 Å². The summed E-state index contributed by atoms with van der Waals surface area (Å²) in [6, 6.07) is 0.452. The highest BCUT2D eigenvalue weighted by Crippen LogP contribution is 2.15. The molecule has 1 heterocycles. The quantitative estimate of drug-likeness (QED) is 0.693. The van der Waals surface area contributed by atoms with Crippen molar-refractivity contribution < 1.29 is 9.53 Å². The van der Waals surface area contributed by atoms with E-state index in [0.29, 0.717) is 6.04 Å². The van der Waals surface area contributed by atoms with E-state index in [1.165, 1.54) is 32.1 Å². The van der Waals surface area contributed by atoms with Crippen LogP contribution < -0.4 is 5.32 Å². The SMILES string of the molecule is CC(C)CCCCCCNC1CN(C(=O)OC(C)(C)C)C1. The second kappa shape index (κ2) is 8.62. The van der Waals surface area contributed by atoms with Crippen LogP contribution in [0.2, 0.25) is 0 Å². The molecule has 124 valence electrons. The number of hydrogen-bond acceptors (Lipinski definition) is 3. The van der Waals surface area contributed by atoms with E-state index in [-0.39, 0.29) is 6.09 Å². The van der Waals surface area contributed by atoms with Crippen molar-refractivity contribution in [2.24, 2.45) is 5.92 Å². The lowest BCUT2D eigenvalue weighted by Gasteiger charge is -2.40. The average molecular weight is 298 g/mol. The Morgan fingerprint density at radius 3 is 2.38 bits per heavy atom. The molecule has 0 atom stereocenters. The number of ether oxygens (including phenoxy) is 1. The molecule has 4 nitrogen and oxygen atoms in total. The summed E-state index contributed by atoms with van der Waals surface area (Å²) in [5.74, 6) is 0.830. The first-order valence-electron chi connectivity index (χ1n) is 8.49. The van der Waals surface area contributed by atoms with Gasteiger partial charge in [-0.2, -0.15) is 0 Å². The summed E-state index contributed by atoms with van der Waals surface area (Å²) in [5, 5.41) is 3.52. The summed E-state index contributed by atoms with van der Waals surface area (Å²) in [6.45, 7) is 12.9. The van der Waals surface area contributed by atoms with Gasteiger partial charge < -0.3 is 15.0 Å². The summed E-state index contributed by atoms with van der Waals surface area (Å²) in [5.41, 5.74) is -0.397. The molecule has 0 spiro atoms. The summed E-state index contributed by atoms with van der Waals surface area (Å²) < 4.78 is 5.34. The number of rotatable bonds is 8. The largest absolute Gasteiger partial charge is 0.444 e. The lowest BCUT2D eigenvalue weighted by Crippen LogP contribution is -2.60. The van der Waals surface area contributed by atoms with E-state index in [2.05, 4.69) is 19.2 Å². The van der Waals surface area contributed by atoms with Crippen molar-refractivity contribution in [1.82, 2.24) is 10.2 Å². The van der Waals surface area contributed by atoms with E-state index < -0.39 is 5.60 Å². The van der Waals surface area contributed by atoms with Gasteiger partial charge in [-0.1, -0.05) is 39.5 Å². The van der Waals surface area contributed by atoms with Crippen LogP contribution in [0.25, 0.3) is 0 Å². The van der Waals surface area contributed by atoms with Crippen molar-refractivity contribution >= 4 is 6.09 Å². The molecule has 1 aliphatic heterocycles. The van der Waals surface area contributed by atoms with Gasteiger partial charge in [0.25, 0.3) is 0 Å². The van der Waals surface area contributed by atoms with E-state index in [1.807, 2.05) is 20.8 Å². The molecule has 1 saturated heterocycles. The van der Waals surface area contributed by atoms with E-state index in [4.69, 9.17) is 4.74 Å². The summed E-state index contributed by atoms with van der Waals surface area (Å²) in [4.78, 5) is 13.5. The number of likely N-dealkylation sites (tertiary alicyclic amines) is 1. The molecular formula is C17H34N2O2. The van der Waals surface area contributed by atoms with Crippen LogP contribution in [0.15, 0.2) is 0 Å². The van der Waals surface area contributed by atoms with Crippen LogP contribution in [0, 0.1) is 5.92 Å². The molecule has 0 saturated carbocycles. The van der Waals surface area contributed by atoms with E-state index in [0.717, 1.165) is 25.6 Å². The summed E-state index contributed by atoms with van der Waals surface area (Å²) >= 11 is 0. The standard InChI is InChI=1S/C17H34N2O2/c1-14(2)10-8-6-7-9-11-18-15-12-19(13-15)16(20)21-17(3,4)5/h14-15,18H,6-13H2,1-5H3. The number of nitrogens with zero attached hydrogens (tertiary/aromatic N) is 1. The molecule has 0 radical (unpaired) electrons. The van der Waals surface area contributed by atoms with Gasteiger partial charge in [-0.05, 0) is 39.7 Å². The molecule has 21 heavy (non-hydrogen) atoms. The number of amides is 1. The topological polar surface area (TPSA) is 41.6 Å². The Kier molecular flexibility index (Phi) is 7.50. The number of carbonyl (C=O) groups is 1. The van der Waals surface area contributed by atoms with Gasteiger partial charge >= 0.3 is 6.09 Å². The lowest BCUT2D eigenvalue weighted by atomic mass is 10.0. The minimum Gasteiger partial charge on any atom is -0.444 e. The van der Waals surface area contributed by atoms with Gasteiger partial charge in [0.15, 0.2) is 0 Å². The number of unbranched alkanes of at least 4 members (excludes halogenated alkanes) is 3. The van der Waals surface area contributed by atoms with Crippen LogP contribution in [0.4, 0.5) is 4.79 Å². The summed E-state index contributed by atoms with van der Waals surface area (Å²) in [7, 11) is 0. The second-order valence-corrected chi connectivity index (χ2v) is 7.63. The molecule has 0 aromatic carbocycles. The smallest absolute Gasteiger partial charge is 0.410 e. The minimum absolute atomic E-state index is 0.186. The minimum atomic E-state index is -0.397. The van der Waals surface area contributed by atoms with Gasteiger partial charge in [0.2, 0.25) is 0 Å². The zero-order valence-electron chi connectivity index (χ0n) is 14.6. The Balaban J connectivity index is 1.95. The monoisotopic (exact) mass is 298 g/mol. The van der Waals surface area contributed by atoms with Crippen molar-refractivity contribution in [1.29, 1.82) is 0 Å². The molecule has 0 aliphatic carbocycles. The van der Waals surface area contributed by atoms with Crippen LogP contribution >= 0.6 is 0 Å². The van der Waals surface area contributed by atoms with Crippen molar-refractivity contribution in [3.05, 3.63) is 0 Å². The van der Waals surface area contributed by atoms with Crippen LogP contribution in [0.1, 0.15) is 66.7 Å². The van der Waals surface area contributed by atoms with Crippen molar-refractivity contribution in [3.8, 4) is 0 Å². The molecule has 0 aromatic heterocycles. The van der Waals surface area contributed by atoms with Crippen LogP contribution in [-0.4, -0.2) is 42.3 Å². The molecule has 1 N–H and O–H groups in total. The molecule has 1 amide bonds. The zero-order chi connectivity index (χ0) is 15.9. The maximum Gasteiger partial charge on any atom is 0.410 e. The van der Waals surface area contributed by atoms with Gasteiger partial charge in [-0.3, -0.25) is 0 Å². The van der Waals surface area contributed by atoms with Crippen LogP contribution in [0.3, 0.4) is 0 Å². The molecule has 1 aliphatic rings. The average Bonchev–Trinajstić information content (AvgIpc) is 2.26. The first-order valence-corrected chi connectivity index (χ1v) is 8.49. The molecule has 0 bridgehead atoms. The maximum atomic E-state index is 11.8. The van der Waals surface area contributed by atoms with Gasteiger partial charge in [0, 0.05) is 19.1 Å². The highest BCUT2D eigenvalue weighted by molar-refractivity contribution is 5.69. The molecule has 0 aromatic rings. The van der Waals surface area contributed by atoms with Crippen molar-refractivity contribution in [2.75, 3.05) is 19.6 Å². The number of nitrogens with one attached hydrogen (secondary N) is 1. The van der Waals surface area contributed by atoms with E-state index in [9.17, 15) is 4.79 Å². The Labute approximate surface area is 130 Å². The Bertz CT molecular complexity index is 304. The number of hydrogen-bond donors (Lipinski definition) is 1. The van der Waals surface area contributed by atoms with E-state index in [1.54, 1.807) is 4.90 Å². The third kappa shape index (κ3) is 8.30. The first-order chi connectivity index (χ1) is 9.78. The highest BCUT2D eigenvalue weighted by Gasteiger charge is 2.32. The second-order valence-electron chi connectivity index (χ2n) is 7.63. The first kappa shape index (κ1) is 18.3. The lowest BCUT2D eigenvalue weighted by molar-refractivity contribution is 0.00535. The Morgan fingerprint density at radius 2 is 1.81 bits per heavy atom. The molecule has 0 unspecified atom stereocenters. The maximum absolute atomic E-state index is 11.8. The van der Waals surface area contributed by atoms with Gasteiger partial charge in [0.05, 0.1) is 0 Å². The van der Waals surface area contributed by atoms with Crippen LogP contribution in [0.5, 0.6) is 0 Å². The van der Waals surface area contributed by atoms with Crippen LogP contribution in [-0.2, 0) is 4.74 Å². The summed E-state index contributed by atoms with van der Waals surface area (Å²) in [6.07, 6.45) is 6.40. The van der Waals surface area contributed by atoms with Crippen molar-refractivity contribution in [2.45, 2.75) is 78.4 Å². The fourth-order valence-corrected chi connectivity index (χ4v) is 2.42. The molecular weight excluding hydrogens is 264 g/mol. The third-order valence-electron chi connectivity index (χ3n) is 3.67. The highest BCUT2D eigenvalue weighted by atomic mass is 16.6. The predicted molar refractivity (Wildman–Crippen MR) is 87.5 cm³/mol. The number of carbonyl (C=O) groups excluding carboxylic acids is 1. The fraction of sp³-hybridized carbons (Fsp3) is 0.941. The van der Waals surface area contributed by atoms with Gasteiger partial charge in [-0.15, -0.1) is 0 Å². The van der Waals surface area contributed by atoms with Gasteiger partial charge in [0.1, 0.15) is 5.60 Å².